The molecule has 6 heteroatoms. The number of carbonyl (C=O) groups excluding carboxylic acids is 1. The Kier molecular flexibility index (Phi) is 2.77. The van der Waals surface area contributed by atoms with Crippen molar-refractivity contribution in [3.8, 4) is 0 Å². The van der Waals surface area contributed by atoms with E-state index in [1.54, 1.807) is 0 Å². The molecule has 0 radical (unpaired) electrons. The zero-order valence-corrected chi connectivity index (χ0v) is 7.74. The highest BCUT2D eigenvalue weighted by atomic mass is 35.5. The van der Waals surface area contributed by atoms with Crippen LogP contribution in [0.25, 0.3) is 0 Å². The number of carbonyl (C=O) groups is 1. The van der Waals surface area contributed by atoms with Crippen molar-refractivity contribution in [1.29, 1.82) is 0 Å². The Bertz CT molecular complexity index is 255. The first-order valence-corrected chi connectivity index (χ1v) is 4.20. The highest BCUT2D eigenvalue weighted by Gasteiger charge is 2.42. The number of carboxylic acid groups (broad SMARTS) is 1. The fraction of sp³-hybridized carbons (Fsp3) is 0.714. The van der Waals surface area contributed by atoms with Gasteiger partial charge in [0, 0.05) is 6.42 Å². The topological polar surface area (TPSA) is 82.0 Å². The second kappa shape index (κ2) is 3.51. The zero-order chi connectivity index (χ0) is 10.1. The van der Waals surface area contributed by atoms with Crippen LogP contribution in [-0.2, 0) is 9.63 Å². The van der Waals surface area contributed by atoms with Gasteiger partial charge in [-0.1, -0.05) is 23.7 Å². The fourth-order valence-electron chi connectivity index (χ4n) is 1.11. The van der Waals surface area contributed by atoms with E-state index in [2.05, 4.69) is 9.99 Å². The van der Waals surface area contributed by atoms with Crippen LogP contribution in [0.2, 0.25) is 0 Å². The number of nitrogens with zero attached hydrogens (tertiary/aromatic N) is 1. The normalized spacial score (nSPS) is 26.1. The molecule has 5 nitrogen and oxygen atoms in total. The maximum absolute atomic E-state index is 10.6. The first-order chi connectivity index (χ1) is 6.00. The van der Waals surface area contributed by atoms with E-state index < -0.39 is 17.7 Å². The maximum Gasteiger partial charge on any atom is 0.167 e. The van der Waals surface area contributed by atoms with Gasteiger partial charge in [-0.15, -0.1) is 0 Å². The lowest BCUT2D eigenvalue weighted by atomic mass is 9.92. The zero-order valence-electron chi connectivity index (χ0n) is 6.99. The first-order valence-electron chi connectivity index (χ1n) is 3.82. The van der Waals surface area contributed by atoms with Crippen molar-refractivity contribution in [3.05, 3.63) is 0 Å². The molecule has 1 heterocycles. The van der Waals surface area contributed by atoms with Crippen LogP contribution < -0.4 is 5.11 Å². The lowest BCUT2D eigenvalue weighted by Crippen LogP contribution is -2.55. The minimum absolute atomic E-state index is 0.0142. The molecule has 0 aromatic rings. The monoisotopic (exact) mass is 206 g/mol. The number of hydrogen-bond acceptors (Lipinski definition) is 5. The van der Waals surface area contributed by atoms with Crippen LogP contribution in [0.3, 0.4) is 0 Å². The van der Waals surface area contributed by atoms with Crippen molar-refractivity contribution >= 4 is 22.7 Å². The predicted octanol–water partition coefficient (Wildman–Crippen LogP) is -0.781. The van der Waals surface area contributed by atoms with E-state index in [9.17, 15) is 15.0 Å². The van der Waals surface area contributed by atoms with E-state index in [0.29, 0.717) is 0 Å². The van der Waals surface area contributed by atoms with Crippen LogP contribution in [0.4, 0.5) is 0 Å². The highest BCUT2D eigenvalue weighted by Crippen LogP contribution is 2.26. The second-order valence-corrected chi connectivity index (χ2v) is 3.27. The van der Waals surface area contributed by atoms with Gasteiger partial charge in [0.2, 0.25) is 0 Å². The van der Waals surface area contributed by atoms with Crippen molar-refractivity contribution in [2.24, 2.45) is 5.16 Å². The summed E-state index contributed by atoms with van der Waals surface area (Å²) in [6.45, 7) is 1.52. The van der Waals surface area contributed by atoms with Gasteiger partial charge < -0.3 is 19.8 Å². The lowest BCUT2D eigenvalue weighted by molar-refractivity contribution is -0.331. The van der Waals surface area contributed by atoms with Gasteiger partial charge in [0.05, 0.1) is 5.97 Å². The molecule has 1 N–H and O–H groups in total. The molecule has 1 rings (SSSR count). The van der Waals surface area contributed by atoms with Crippen LogP contribution in [0.15, 0.2) is 5.16 Å². The van der Waals surface area contributed by atoms with Crippen molar-refractivity contribution < 1.29 is 19.8 Å². The maximum atomic E-state index is 10.6. The van der Waals surface area contributed by atoms with E-state index in [4.69, 9.17) is 11.6 Å². The van der Waals surface area contributed by atoms with Crippen LogP contribution in [-0.4, -0.2) is 28.0 Å². The molecule has 1 aliphatic heterocycles. The summed E-state index contributed by atoms with van der Waals surface area (Å²) in [4.78, 5) is 15.3. The molecule has 0 fully saturated rings. The number of aliphatic hydroxyl groups is 1. The van der Waals surface area contributed by atoms with Gasteiger partial charge in [0.25, 0.3) is 0 Å². The molecule has 0 saturated heterocycles. The van der Waals surface area contributed by atoms with E-state index in [-0.39, 0.29) is 18.0 Å². The summed E-state index contributed by atoms with van der Waals surface area (Å²) in [6, 6.07) is 0. The van der Waals surface area contributed by atoms with Gasteiger partial charge in [-0.05, 0) is 6.42 Å². The number of aliphatic carboxylic acids is 1. The summed E-state index contributed by atoms with van der Waals surface area (Å²) in [5.41, 5.74) is -2.01. The highest BCUT2D eigenvalue weighted by molar-refractivity contribution is 6.65. The quantitative estimate of drug-likeness (QED) is 0.657. The summed E-state index contributed by atoms with van der Waals surface area (Å²) in [5, 5.41) is 23.7. The molecule has 2 atom stereocenters. The number of hydrogen-bond donors (Lipinski definition) is 1. The van der Waals surface area contributed by atoms with Crippen molar-refractivity contribution in [1.82, 2.24) is 0 Å². The molecule has 0 aromatic heterocycles. The largest absolute Gasteiger partial charge is 0.547 e. The number of rotatable bonds is 3. The number of carboxylic acids is 1. The van der Waals surface area contributed by atoms with Gasteiger partial charge in [-0.2, -0.15) is 0 Å². The summed E-state index contributed by atoms with van der Waals surface area (Å²) in [6.07, 6.45) is -0.866. The van der Waals surface area contributed by atoms with E-state index in [1.165, 1.54) is 6.92 Å². The minimum Gasteiger partial charge on any atom is -0.547 e. The molecule has 0 aromatic carbocycles. The number of oxime groups is 1. The Balaban J connectivity index is 2.74. The average molecular weight is 207 g/mol. The third-order valence-electron chi connectivity index (χ3n) is 2.06. The van der Waals surface area contributed by atoms with Crippen LogP contribution in [0.5, 0.6) is 0 Å². The Morgan fingerprint density at radius 3 is 2.92 bits per heavy atom. The Morgan fingerprint density at radius 2 is 2.62 bits per heavy atom. The second-order valence-electron chi connectivity index (χ2n) is 2.83. The summed E-state index contributed by atoms with van der Waals surface area (Å²) in [7, 11) is 0. The Hall–Kier alpha value is -0.810. The van der Waals surface area contributed by atoms with Gasteiger partial charge in [-0.3, -0.25) is 0 Å². The minimum atomic E-state index is -2.01. The molecular formula is C7H9ClNO4-. The SMILES string of the molecule is CCC(O)(C(=O)[O-])C1CC(Cl)=NO1. The third-order valence-corrected chi connectivity index (χ3v) is 2.28. The fourth-order valence-corrected chi connectivity index (χ4v) is 1.29. The molecule has 0 spiro atoms. The van der Waals surface area contributed by atoms with E-state index in [0.717, 1.165) is 0 Å². The van der Waals surface area contributed by atoms with Crippen molar-refractivity contribution in [2.45, 2.75) is 31.5 Å². The lowest BCUT2D eigenvalue weighted by Gasteiger charge is -2.31. The molecule has 0 aliphatic carbocycles. The standard InChI is InChI=1S/C7H10ClNO4/c1-2-7(12,6(10)11)4-3-5(8)9-13-4/h4,12H,2-3H2,1H3,(H,10,11)/p-1. The van der Waals surface area contributed by atoms with E-state index >= 15 is 0 Å². The summed E-state index contributed by atoms with van der Waals surface area (Å²) < 4.78 is 0. The molecule has 74 valence electrons. The van der Waals surface area contributed by atoms with Gasteiger partial charge in [0.1, 0.15) is 10.8 Å². The van der Waals surface area contributed by atoms with Crippen LogP contribution in [0, 0.1) is 0 Å². The molecule has 0 amide bonds. The summed E-state index contributed by atoms with van der Waals surface area (Å²) in [5.74, 6) is -1.57. The van der Waals surface area contributed by atoms with Crippen LogP contribution in [0.1, 0.15) is 19.8 Å². The molecule has 13 heavy (non-hydrogen) atoms. The molecule has 1 aliphatic rings. The molecule has 0 saturated carbocycles. The first kappa shape index (κ1) is 10.3. The Labute approximate surface area is 79.9 Å². The predicted molar refractivity (Wildman–Crippen MR) is 43.0 cm³/mol. The number of halogens is 1. The van der Waals surface area contributed by atoms with Crippen molar-refractivity contribution in [3.63, 3.8) is 0 Å². The van der Waals surface area contributed by atoms with Gasteiger partial charge in [0.15, 0.2) is 6.10 Å². The van der Waals surface area contributed by atoms with E-state index in [1.807, 2.05) is 0 Å². The van der Waals surface area contributed by atoms with Crippen molar-refractivity contribution in [2.75, 3.05) is 0 Å². The molecule has 2 unspecified atom stereocenters. The smallest absolute Gasteiger partial charge is 0.167 e. The summed E-state index contributed by atoms with van der Waals surface area (Å²) >= 11 is 5.48. The third kappa shape index (κ3) is 1.76. The van der Waals surface area contributed by atoms with Gasteiger partial charge in [-0.25, -0.2) is 0 Å². The van der Waals surface area contributed by atoms with Gasteiger partial charge >= 0.3 is 0 Å². The molecular weight excluding hydrogens is 198 g/mol. The molecule has 0 bridgehead atoms. The van der Waals surface area contributed by atoms with Crippen LogP contribution >= 0.6 is 11.6 Å². The average Bonchev–Trinajstić information content (AvgIpc) is 2.50. The Morgan fingerprint density at radius 1 is 2.00 bits per heavy atom.